The predicted molar refractivity (Wildman–Crippen MR) is 95.9 cm³/mol. The minimum absolute atomic E-state index is 0.00970. The summed E-state index contributed by atoms with van der Waals surface area (Å²) in [6, 6.07) is 9.21. The zero-order valence-corrected chi connectivity index (χ0v) is 14.6. The average Bonchev–Trinajstić information content (AvgIpc) is 2.81. The number of phenols is 1. The molecule has 0 spiro atoms. The highest BCUT2D eigenvalue weighted by Gasteiger charge is 2.23. The number of fused-ring (bicyclic) bond motifs is 1. The molecule has 0 aliphatic heterocycles. The Labute approximate surface area is 153 Å². The van der Waals surface area contributed by atoms with E-state index in [1.165, 1.54) is 16.7 Å². The van der Waals surface area contributed by atoms with Gasteiger partial charge in [0.25, 0.3) is 5.91 Å². The molecule has 2 N–H and O–H groups in total. The van der Waals surface area contributed by atoms with Crippen LogP contribution in [0.3, 0.4) is 0 Å². The lowest BCUT2D eigenvalue weighted by Crippen LogP contribution is -2.14. The number of carboxylic acids is 1. The van der Waals surface area contributed by atoms with Crippen molar-refractivity contribution >= 4 is 46.0 Å². The third kappa shape index (κ3) is 2.97. The molecule has 0 saturated carbocycles. The number of halogens is 2. The van der Waals surface area contributed by atoms with Gasteiger partial charge in [-0.3, -0.25) is 14.2 Å². The Hall–Kier alpha value is -2.50. The van der Waals surface area contributed by atoms with Crippen molar-refractivity contribution in [3.05, 3.63) is 63.3 Å². The highest BCUT2D eigenvalue weighted by molar-refractivity contribution is 6.44. The van der Waals surface area contributed by atoms with Gasteiger partial charge in [-0.25, -0.2) is 0 Å². The zero-order valence-electron chi connectivity index (χ0n) is 13.1. The summed E-state index contributed by atoms with van der Waals surface area (Å²) in [7, 11) is 0. The van der Waals surface area contributed by atoms with Gasteiger partial charge in [0.15, 0.2) is 0 Å². The lowest BCUT2D eigenvalue weighted by Gasteiger charge is -2.09. The molecular weight excluding hydrogens is 365 g/mol. The summed E-state index contributed by atoms with van der Waals surface area (Å²) in [5, 5.41) is 19.8. The monoisotopic (exact) mass is 377 g/mol. The molecule has 0 saturated heterocycles. The maximum absolute atomic E-state index is 13.0. The molecule has 0 aliphatic carbocycles. The molecule has 1 heterocycles. The molecule has 0 radical (unpaired) electrons. The van der Waals surface area contributed by atoms with Gasteiger partial charge in [0.1, 0.15) is 5.75 Å². The number of hydrogen-bond acceptors (Lipinski definition) is 3. The zero-order chi connectivity index (χ0) is 18.3. The van der Waals surface area contributed by atoms with E-state index in [2.05, 4.69) is 0 Å². The molecule has 2 aromatic carbocycles. The van der Waals surface area contributed by atoms with Crippen LogP contribution in [0.15, 0.2) is 36.4 Å². The molecule has 0 amide bonds. The molecule has 1 aromatic heterocycles. The number of carbonyl (C=O) groups is 2. The maximum atomic E-state index is 13.0. The minimum Gasteiger partial charge on any atom is -0.508 e. The molecule has 5 nitrogen and oxygen atoms in total. The van der Waals surface area contributed by atoms with Gasteiger partial charge < -0.3 is 10.2 Å². The van der Waals surface area contributed by atoms with E-state index >= 15 is 0 Å². The molecule has 0 unspecified atom stereocenters. The van der Waals surface area contributed by atoms with Crippen molar-refractivity contribution in [1.82, 2.24) is 4.57 Å². The van der Waals surface area contributed by atoms with Crippen LogP contribution in [0, 0.1) is 6.92 Å². The van der Waals surface area contributed by atoms with Crippen LogP contribution in [0.2, 0.25) is 10.0 Å². The van der Waals surface area contributed by atoms with Crippen LogP contribution in [0.5, 0.6) is 5.75 Å². The second-order valence-electron chi connectivity index (χ2n) is 5.58. The summed E-state index contributed by atoms with van der Waals surface area (Å²) in [4.78, 5) is 24.3. The summed E-state index contributed by atoms with van der Waals surface area (Å²) in [5.41, 5.74) is 1.64. The number of nitrogens with zero attached hydrogens (tertiary/aromatic N) is 1. The van der Waals surface area contributed by atoms with Crippen LogP contribution in [0.25, 0.3) is 10.9 Å². The second-order valence-corrected chi connectivity index (χ2v) is 6.36. The van der Waals surface area contributed by atoms with Crippen molar-refractivity contribution in [3.8, 4) is 5.75 Å². The van der Waals surface area contributed by atoms with E-state index in [1.54, 1.807) is 31.2 Å². The minimum atomic E-state index is -1.03. The van der Waals surface area contributed by atoms with Crippen LogP contribution in [-0.2, 0) is 11.2 Å². The Bertz CT molecular complexity index is 1020. The fourth-order valence-corrected chi connectivity index (χ4v) is 3.28. The van der Waals surface area contributed by atoms with Crippen LogP contribution >= 0.6 is 23.2 Å². The van der Waals surface area contributed by atoms with E-state index in [4.69, 9.17) is 23.2 Å². The molecule has 3 rings (SSSR count). The quantitative estimate of drug-likeness (QED) is 0.713. The van der Waals surface area contributed by atoms with Crippen molar-refractivity contribution in [2.24, 2.45) is 0 Å². The molecule has 0 fully saturated rings. The van der Waals surface area contributed by atoms with Gasteiger partial charge >= 0.3 is 5.97 Å². The van der Waals surface area contributed by atoms with Gasteiger partial charge in [-0.2, -0.15) is 0 Å². The van der Waals surface area contributed by atoms with Crippen molar-refractivity contribution in [2.45, 2.75) is 13.3 Å². The molecule has 128 valence electrons. The number of phenolic OH excluding ortho intramolecular Hbond substituents is 1. The number of carbonyl (C=O) groups excluding carboxylic acids is 1. The van der Waals surface area contributed by atoms with Gasteiger partial charge in [-0.15, -0.1) is 0 Å². The fourth-order valence-electron chi connectivity index (χ4n) is 2.90. The highest BCUT2D eigenvalue weighted by atomic mass is 35.5. The molecule has 25 heavy (non-hydrogen) atoms. The number of hydrogen-bond donors (Lipinski definition) is 2. The standard InChI is InChI=1S/C18H13Cl2NO4/c1-9-12(8-16(23)24)13-7-10(22)5-6-15(13)21(9)18(25)11-3-2-4-14(19)17(11)20/h2-7,22H,8H2,1H3,(H,23,24). The number of rotatable bonds is 3. The Kier molecular flexibility index (Phi) is 4.45. The van der Waals surface area contributed by atoms with Gasteiger partial charge in [0, 0.05) is 11.1 Å². The first-order chi connectivity index (χ1) is 11.8. The van der Waals surface area contributed by atoms with Gasteiger partial charge in [0.2, 0.25) is 0 Å². The molecular formula is C18H13Cl2NO4. The Balaban J connectivity index is 2.29. The lowest BCUT2D eigenvalue weighted by atomic mass is 10.1. The van der Waals surface area contributed by atoms with Crippen molar-refractivity contribution in [1.29, 1.82) is 0 Å². The summed E-state index contributed by atoms with van der Waals surface area (Å²) in [6.07, 6.45) is -0.269. The van der Waals surface area contributed by atoms with Crippen molar-refractivity contribution in [2.75, 3.05) is 0 Å². The molecule has 0 aliphatic rings. The van der Waals surface area contributed by atoms with Gasteiger partial charge in [0.05, 0.1) is 27.5 Å². The topological polar surface area (TPSA) is 79.5 Å². The first-order valence-corrected chi connectivity index (χ1v) is 8.10. The Morgan fingerprint density at radius 1 is 1.16 bits per heavy atom. The van der Waals surface area contributed by atoms with Crippen molar-refractivity contribution in [3.63, 3.8) is 0 Å². The number of benzene rings is 2. The first-order valence-electron chi connectivity index (χ1n) is 7.34. The summed E-state index contributed by atoms with van der Waals surface area (Å²) in [5.74, 6) is -1.46. The number of aromatic hydroxyl groups is 1. The van der Waals surface area contributed by atoms with Crippen molar-refractivity contribution < 1.29 is 19.8 Å². The van der Waals surface area contributed by atoms with E-state index in [0.717, 1.165) is 0 Å². The highest BCUT2D eigenvalue weighted by Crippen LogP contribution is 2.32. The second kappa shape index (κ2) is 6.43. The first kappa shape index (κ1) is 17.3. The van der Waals surface area contributed by atoms with E-state index < -0.39 is 11.9 Å². The van der Waals surface area contributed by atoms with E-state index in [0.29, 0.717) is 22.2 Å². The Morgan fingerprint density at radius 2 is 1.88 bits per heavy atom. The average molecular weight is 378 g/mol. The fraction of sp³-hybridized carbons (Fsp3) is 0.111. The van der Waals surface area contributed by atoms with Crippen LogP contribution in [-0.4, -0.2) is 26.7 Å². The van der Waals surface area contributed by atoms with E-state index in [-0.39, 0.29) is 27.8 Å². The SMILES string of the molecule is Cc1c(CC(=O)O)c2cc(O)ccc2n1C(=O)c1cccc(Cl)c1Cl. The Morgan fingerprint density at radius 3 is 2.56 bits per heavy atom. The van der Waals surface area contributed by atoms with Gasteiger partial charge in [-0.1, -0.05) is 29.3 Å². The maximum Gasteiger partial charge on any atom is 0.307 e. The number of aromatic nitrogens is 1. The molecule has 0 bridgehead atoms. The summed E-state index contributed by atoms with van der Waals surface area (Å²) >= 11 is 12.2. The van der Waals surface area contributed by atoms with Crippen LogP contribution in [0.4, 0.5) is 0 Å². The number of aliphatic carboxylic acids is 1. The summed E-state index contributed by atoms with van der Waals surface area (Å²) < 4.78 is 1.39. The third-order valence-corrected chi connectivity index (χ3v) is 4.85. The predicted octanol–water partition coefficient (Wildman–Crippen LogP) is 4.28. The van der Waals surface area contributed by atoms with E-state index in [9.17, 15) is 19.8 Å². The van der Waals surface area contributed by atoms with Gasteiger partial charge in [-0.05, 0) is 42.8 Å². The third-order valence-electron chi connectivity index (χ3n) is 4.03. The largest absolute Gasteiger partial charge is 0.508 e. The number of carboxylic acid groups (broad SMARTS) is 1. The summed E-state index contributed by atoms with van der Waals surface area (Å²) in [6.45, 7) is 1.66. The normalized spacial score (nSPS) is 11.0. The lowest BCUT2D eigenvalue weighted by molar-refractivity contribution is -0.136. The van der Waals surface area contributed by atoms with E-state index in [1.807, 2.05) is 0 Å². The van der Waals surface area contributed by atoms with Crippen LogP contribution in [0.1, 0.15) is 21.6 Å². The smallest absolute Gasteiger partial charge is 0.307 e. The molecule has 3 aromatic rings. The van der Waals surface area contributed by atoms with Crippen LogP contribution < -0.4 is 0 Å². The molecule has 7 heteroatoms. The molecule has 0 atom stereocenters.